The van der Waals surface area contributed by atoms with Crippen LogP contribution >= 0.6 is 0 Å². The van der Waals surface area contributed by atoms with Gasteiger partial charge in [-0.2, -0.15) is 0 Å². The molecule has 9 heteroatoms. The topological polar surface area (TPSA) is 85.6 Å². The van der Waals surface area contributed by atoms with Crippen LogP contribution in [0.25, 0.3) is 0 Å². The third-order valence-corrected chi connectivity index (χ3v) is 6.55. The van der Waals surface area contributed by atoms with Crippen LogP contribution in [0.5, 0.6) is 5.75 Å². The Morgan fingerprint density at radius 1 is 1.13 bits per heavy atom. The van der Waals surface area contributed by atoms with Gasteiger partial charge in [0, 0.05) is 26.6 Å². The Bertz CT molecular complexity index is 864. The van der Waals surface area contributed by atoms with Crippen molar-refractivity contribution in [1.82, 2.24) is 30.0 Å². The minimum Gasteiger partial charge on any atom is -0.497 e. The van der Waals surface area contributed by atoms with Crippen molar-refractivity contribution in [3.63, 3.8) is 0 Å². The van der Waals surface area contributed by atoms with E-state index in [0.29, 0.717) is 26.1 Å². The number of ether oxygens (including phenoxy) is 2. The van der Waals surface area contributed by atoms with Gasteiger partial charge in [0.05, 0.1) is 20.3 Å². The number of carbonyl (C=O) groups excluding carboxylic acids is 1. The second-order valence-electron chi connectivity index (χ2n) is 8.36. The predicted molar refractivity (Wildman–Crippen MR) is 115 cm³/mol. The molecule has 0 N–H and O–H groups in total. The van der Waals surface area contributed by atoms with Gasteiger partial charge in [0.25, 0.3) is 0 Å². The van der Waals surface area contributed by atoms with Crippen molar-refractivity contribution in [1.29, 1.82) is 0 Å². The van der Waals surface area contributed by atoms with Gasteiger partial charge in [-0.15, -0.1) is 5.10 Å². The zero-order valence-electron chi connectivity index (χ0n) is 18.5. The summed E-state index contributed by atoms with van der Waals surface area (Å²) in [5, 5.41) is 12.6. The van der Waals surface area contributed by atoms with Crippen LogP contribution in [0.1, 0.15) is 37.1 Å². The Morgan fingerprint density at radius 3 is 2.61 bits per heavy atom. The summed E-state index contributed by atoms with van der Waals surface area (Å²) in [5.74, 6) is 1.88. The molecule has 1 amide bonds. The molecule has 31 heavy (non-hydrogen) atoms. The fourth-order valence-corrected chi connectivity index (χ4v) is 4.80. The maximum Gasteiger partial charge on any atom is 0.222 e. The summed E-state index contributed by atoms with van der Waals surface area (Å²) in [4.78, 5) is 17.6. The summed E-state index contributed by atoms with van der Waals surface area (Å²) in [5.41, 5.74) is 0.825. The van der Waals surface area contributed by atoms with Crippen LogP contribution in [-0.2, 0) is 28.0 Å². The predicted octanol–water partition coefficient (Wildman–Crippen LogP) is 1.48. The molecule has 1 unspecified atom stereocenters. The molecular weight excluding hydrogens is 396 g/mol. The minimum absolute atomic E-state index is 0.188. The Labute approximate surface area is 183 Å². The molecule has 0 saturated carbocycles. The number of methoxy groups -OCH3 is 2. The van der Waals surface area contributed by atoms with Crippen LogP contribution in [0.15, 0.2) is 24.3 Å². The number of aromatic nitrogens is 4. The highest BCUT2D eigenvalue weighted by atomic mass is 16.5. The van der Waals surface area contributed by atoms with E-state index in [2.05, 4.69) is 20.4 Å². The van der Waals surface area contributed by atoms with Crippen LogP contribution in [0.2, 0.25) is 0 Å². The second-order valence-corrected chi connectivity index (χ2v) is 8.36. The van der Waals surface area contributed by atoms with Gasteiger partial charge in [-0.25, -0.2) is 4.68 Å². The summed E-state index contributed by atoms with van der Waals surface area (Å²) in [6, 6.07) is 7.92. The SMILES string of the molecule is COCCn1nnnc1C1(N2CCCC2)CCN(C(=O)CCc2ccc(OC)cc2)C1. The molecule has 0 aliphatic carbocycles. The average Bonchev–Trinajstić information content (AvgIpc) is 3.57. The zero-order valence-corrected chi connectivity index (χ0v) is 18.5. The minimum atomic E-state index is -0.316. The van der Waals surface area contributed by atoms with Gasteiger partial charge in [-0.05, 0) is 66.9 Å². The molecule has 2 aliphatic heterocycles. The summed E-state index contributed by atoms with van der Waals surface area (Å²) in [6.07, 6.45) is 4.42. The van der Waals surface area contributed by atoms with E-state index in [1.807, 2.05) is 33.8 Å². The largest absolute Gasteiger partial charge is 0.497 e. The Morgan fingerprint density at radius 2 is 1.90 bits per heavy atom. The molecular formula is C22H32N6O3. The van der Waals surface area contributed by atoms with Crippen molar-refractivity contribution in [3.8, 4) is 5.75 Å². The molecule has 1 aromatic heterocycles. The molecule has 4 rings (SSSR count). The lowest BCUT2D eigenvalue weighted by Crippen LogP contribution is -2.49. The highest BCUT2D eigenvalue weighted by molar-refractivity contribution is 5.77. The number of hydrogen-bond donors (Lipinski definition) is 0. The zero-order chi connectivity index (χ0) is 21.7. The first kappa shape index (κ1) is 21.7. The summed E-state index contributed by atoms with van der Waals surface area (Å²) >= 11 is 0. The smallest absolute Gasteiger partial charge is 0.222 e. The molecule has 1 atom stereocenters. The number of likely N-dealkylation sites (tertiary alicyclic amines) is 2. The number of amides is 1. The highest BCUT2D eigenvalue weighted by Crippen LogP contribution is 2.39. The van der Waals surface area contributed by atoms with Crippen LogP contribution in [-0.4, -0.2) is 82.9 Å². The first-order chi connectivity index (χ1) is 15.2. The number of tetrazole rings is 1. The quantitative estimate of drug-likeness (QED) is 0.598. The van der Waals surface area contributed by atoms with E-state index in [0.717, 1.165) is 49.6 Å². The fraction of sp³-hybridized carbons (Fsp3) is 0.636. The summed E-state index contributed by atoms with van der Waals surface area (Å²) < 4.78 is 12.3. The van der Waals surface area contributed by atoms with E-state index in [4.69, 9.17) is 9.47 Å². The number of carbonyl (C=O) groups is 1. The molecule has 3 heterocycles. The normalized spacial score (nSPS) is 21.7. The first-order valence-corrected chi connectivity index (χ1v) is 11.1. The molecule has 2 fully saturated rings. The van der Waals surface area contributed by atoms with Crippen molar-refractivity contribution >= 4 is 5.91 Å². The van der Waals surface area contributed by atoms with Gasteiger partial charge < -0.3 is 14.4 Å². The molecule has 2 saturated heterocycles. The highest BCUT2D eigenvalue weighted by Gasteiger charge is 2.49. The molecule has 168 valence electrons. The maximum atomic E-state index is 13.1. The van der Waals surface area contributed by atoms with Crippen molar-refractivity contribution in [3.05, 3.63) is 35.7 Å². The molecule has 0 spiro atoms. The van der Waals surface area contributed by atoms with Gasteiger partial charge in [0.1, 0.15) is 11.3 Å². The van der Waals surface area contributed by atoms with Crippen LogP contribution in [0.4, 0.5) is 0 Å². The lowest BCUT2D eigenvalue weighted by Gasteiger charge is -2.37. The number of hydrogen-bond acceptors (Lipinski definition) is 7. The van der Waals surface area contributed by atoms with E-state index >= 15 is 0 Å². The van der Waals surface area contributed by atoms with E-state index in [1.165, 1.54) is 12.8 Å². The molecule has 0 radical (unpaired) electrons. The van der Waals surface area contributed by atoms with Crippen molar-refractivity contribution < 1.29 is 14.3 Å². The lowest BCUT2D eigenvalue weighted by atomic mass is 9.95. The summed E-state index contributed by atoms with van der Waals surface area (Å²) in [7, 11) is 3.34. The van der Waals surface area contributed by atoms with E-state index in [-0.39, 0.29) is 11.4 Å². The standard InChI is InChI=1S/C22H32N6O3/c1-30-16-15-28-21(23-24-25-28)22(27-12-3-4-13-27)11-14-26(17-22)20(29)10-7-18-5-8-19(31-2)9-6-18/h5-6,8-9H,3-4,7,10-17H2,1-2H3. The van der Waals surface area contributed by atoms with E-state index in [1.54, 1.807) is 14.2 Å². The number of rotatable bonds is 9. The molecule has 9 nitrogen and oxygen atoms in total. The number of benzene rings is 1. The molecule has 2 aromatic rings. The molecule has 0 bridgehead atoms. The maximum absolute atomic E-state index is 13.1. The lowest BCUT2D eigenvalue weighted by molar-refractivity contribution is -0.130. The Kier molecular flexibility index (Phi) is 6.82. The third-order valence-electron chi connectivity index (χ3n) is 6.55. The average molecular weight is 429 g/mol. The van der Waals surface area contributed by atoms with Gasteiger partial charge >= 0.3 is 0 Å². The third kappa shape index (κ3) is 4.57. The van der Waals surface area contributed by atoms with Crippen molar-refractivity contribution in [2.24, 2.45) is 0 Å². The molecule has 1 aromatic carbocycles. The van der Waals surface area contributed by atoms with E-state index < -0.39 is 0 Å². The van der Waals surface area contributed by atoms with Gasteiger partial charge in [0.2, 0.25) is 5.91 Å². The van der Waals surface area contributed by atoms with Gasteiger partial charge in [-0.1, -0.05) is 12.1 Å². The van der Waals surface area contributed by atoms with E-state index in [9.17, 15) is 4.79 Å². The van der Waals surface area contributed by atoms with Crippen LogP contribution in [0, 0.1) is 0 Å². The summed E-state index contributed by atoms with van der Waals surface area (Å²) in [6.45, 7) is 4.57. The Hall–Kier alpha value is -2.52. The Balaban J connectivity index is 1.46. The van der Waals surface area contributed by atoms with Gasteiger partial charge in [0.15, 0.2) is 5.82 Å². The first-order valence-electron chi connectivity index (χ1n) is 11.1. The van der Waals surface area contributed by atoms with Gasteiger partial charge in [-0.3, -0.25) is 9.69 Å². The monoisotopic (exact) mass is 428 g/mol. The second kappa shape index (κ2) is 9.74. The fourth-order valence-electron chi connectivity index (χ4n) is 4.80. The number of nitrogens with zero attached hydrogens (tertiary/aromatic N) is 6. The molecule has 2 aliphatic rings. The van der Waals surface area contributed by atoms with Crippen LogP contribution < -0.4 is 4.74 Å². The van der Waals surface area contributed by atoms with Crippen molar-refractivity contribution in [2.45, 2.75) is 44.2 Å². The van der Waals surface area contributed by atoms with Crippen molar-refractivity contribution in [2.75, 3.05) is 47.0 Å². The number of aryl methyl sites for hydroxylation is 1. The van der Waals surface area contributed by atoms with Crippen LogP contribution in [0.3, 0.4) is 0 Å².